The highest BCUT2D eigenvalue weighted by atomic mass is 16.2. The Kier molecular flexibility index (Phi) is 5.17. The zero-order valence-corrected chi connectivity index (χ0v) is 17.3. The molecule has 0 unspecified atom stereocenters. The highest BCUT2D eigenvalue weighted by Gasteiger charge is 2.14. The third kappa shape index (κ3) is 3.86. The van der Waals surface area contributed by atoms with Gasteiger partial charge in [-0.1, -0.05) is 66.7 Å². The van der Waals surface area contributed by atoms with Crippen molar-refractivity contribution in [3.05, 3.63) is 96.7 Å². The van der Waals surface area contributed by atoms with Crippen LogP contribution in [0.25, 0.3) is 33.1 Å². The van der Waals surface area contributed by atoms with Crippen molar-refractivity contribution in [2.45, 2.75) is 13.0 Å². The summed E-state index contributed by atoms with van der Waals surface area (Å²) in [6, 6.07) is 27.8. The number of H-pyrrole nitrogens is 1. The number of benzene rings is 3. The molecule has 2 heterocycles. The van der Waals surface area contributed by atoms with E-state index in [0.29, 0.717) is 0 Å². The van der Waals surface area contributed by atoms with E-state index < -0.39 is 0 Å². The van der Waals surface area contributed by atoms with Crippen LogP contribution in [0.15, 0.2) is 91.1 Å². The first-order valence-corrected chi connectivity index (χ1v) is 10.5. The Balaban J connectivity index is 1.29. The molecule has 6 nitrogen and oxygen atoms in total. The Hall–Kier alpha value is -4.32. The number of fused-ring (bicyclic) bond motifs is 2. The van der Waals surface area contributed by atoms with E-state index in [1.165, 1.54) is 0 Å². The standard InChI is InChI=1S/C26H22N4O2/c31-25(15-20-16-27-22-12-6-5-11-21(20)22)28-29-26(32)17-30-23-13-7-4-10-19(23)14-24(30)18-8-2-1-3-9-18/h1-14,16,27H,15,17H2,(H,28,31)(H,29,32). The van der Waals surface area contributed by atoms with E-state index >= 15 is 0 Å². The van der Waals surface area contributed by atoms with E-state index in [2.05, 4.69) is 21.9 Å². The molecule has 0 bridgehead atoms. The average Bonchev–Trinajstić information content (AvgIpc) is 3.40. The van der Waals surface area contributed by atoms with Crippen molar-refractivity contribution < 1.29 is 9.59 Å². The van der Waals surface area contributed by atoms with Crippen LogP contribution in [0.1, 0.15) is 5.56 Å². The monoisotopic (exact) mass is 422 g/mol. The highest BCUT2D eigenvalue weighted by Crippen LogP contribution is 2.28. The van der Waals surface area contributed by atoms with Gasteiger partial charge in [0.2, 0.25) is 5.91 Å². The smallest absolute Gasteiger partial charge is 0.258 e. The van der Waals surface area contributed by atoms with E-state index in [-0.39, 0.29) is 24.8 Å². The zero-order chi connectivity index (χ0) is 21.9. The van der Waals surface area contributed by atoms with Crippen molar-refractivity contribution in [2.75, 3.05) is 0 Å². The number of para-hydroxylation sites is 2. The summed E-state index contributed by atoms with van der Waals surface area (Å²) in [5.41, 5.74) is 9.90. The molecule has 0 aliphatic rings. The van der Waals surface area contributed by atoms with Gasteiger partial charge < -0.3 is 9.55 Å². The molecule has 158 valence electrons. The molecule has 0 spiro atoms. The first kappa shape index (κ1) is 19.6. The van der Waals surface area contributed by atoms with Gasteiger partial charge in [-0.25, -0.2) is 0 Å². The molecule has 6 heteroatoms. The number of hydrogen-bond acceptors (Lipinski definition) is 2. The summed E-state index contributed by atoms with van der Waals surface area (Å²) in [5.74, 6) is -0.570. The molecule has 5 aromatic rings. The Labute approximate surface area is 184 Å². The number of nitrogens with zero attached hydrogens (tertiary/aromatic N) is 1. The molecule has 2 aromatic heterocycles. The maximum Gasteiger partial charge on any atom is 0.258 e. The van der Waals surface area contributed by atoms with Gasteiger partial charge in [-0.05, 0) is 29.3 Å². The first-order chi connectivity index (χ1) is 15.7. The molecule has 0 aliphatic heterocycles. The van der Waals surface area contributed by atoms with Crippen LogP contribution in [-0.4, -0.2) is 21.4 Å². The summed E-state index contributed by atoms with van der Waals surface area (Å²) in [7, 11) is 0. The summed E-state index contributed by atoms with van der Waals surface area (Å²) in [5, 5.41) is 2.06. The van der Waals surface area contributed by atoms with Gasteiger partial charge in [0.1, 0.15) is 6.54 Å². The van der Waals surface area contributed by atoms with Gasteiger partial charge in [-0.3, -0.25) is 20.4 Å². The largest absolute Gasteiger partial charge is 0.361 e. The van der Waals surface area contributed by atoms with E-state index in [1.807, 2.05) is 89.6 Å². The summed E-state index contributed by atoms with van der Waals surface area (Å²) in [4.78, 5) is 28.3. The lowest BCUT2D eigenvalue weighted by molar-refractivity contribution is -0.128. The molecule has 0 fully saturated rings. The van der Waals surface area contributed by atoms with Gasteiger partial charge in [0.15, 0.2) is 0 Å². The molecular formula is C26H22N4O2. The summed E-state index contributed by atoms with van der Waals surface area (Å²) in [6.45, 7) is 0.0884. The SMILES string of the molecule is O=C(Cc1c[nH]c2ccccc12)NNC(=O)Cn1c(-c2ccccc2)cc2ccccc21. The number of hydrazine groups is 1. The topological polar surface area (TPSA) is 78.9 Å². The number of amides is 2. The molecule has 3 N–H and O–H groups in total. The number of aromatic amines is 1. The van der Waals surface area contributed by atoms with Crippen LogP contribution in [0.2, 0.25) is 0 Å². The lowest BCUT2D eigenvalue weighted by Crippen LogP contribution is -2.43. The summed E-state index contributed by atoms with van der Waals surface area (Å²) < 4.78 is 1.96. The third-order valence-corrected chi connectivity index (χ3v) is 5.55. The Morgan fingerprint density at radius 3 is 2.41 bits per heavy atom. The second-order valence-electron chi connectivity index (χ2n) is 7.67. The predicted octanol–water partition coefficient (Wildman–Crippen LogP) is 4.18. The van der Waals surface area contributed by atoms with Crippen molar-refractivity contribution in [3.63, 3.8) is 0 Å². The van der Waals surface area contributed by atoms with Crippen molar-refractivity contribution in [1.82, 2.24) is 20.4 Å². The van der Waals surface area contributed by atoms with Crippen molar-refractivity contribution in [1.29, 1.82) is 0 Å². The number of nitrogens with one attached hydrogen (secondary N) is 3. The van der Waals surface area contributed by atoms with Crippen molar-refractivity contribution >= 4 is 33.6 Å². The molecule has 0 atom stereocenters. The molecular weight excluding hydrogens is 400 g/mol. The molecule has 5 rings (SSSR count). The first-order valence-electron chi connectivity index (χ1n) is 10.5. The van der Waals surface area contributed by atoms with Gasteiger partial charge >= 0.3 is 0 Å². The van der Waals surface area contributed by atoms with Crippen LogP contribution in [-0.2, 0) is 22.6 Å². The molecule has 32 heavy (non-hydrogen) atoms. The van der Waals surface area contributed by atoms with Gasteiger partial charge in [0.05, 0.1) is 6.42 Å². The molecule has 0 saturated heterocycles. The van der Waals surface area contributed by atoms with Gasteiger partial charge in [-0.2, -0.15) is 0 Å². The van der Waals surface area contributed by atoms with Crippen LogP contribution in [0.4, 0.5) is 0 Å². The lowest BCUT2D eigenvalue weighted by atomic mass is 10.1. The summed E-state index contributed by atoms with van der Waals surface area (Å²) >= 11 is 0. The quantitative estimate of drug-likeness (QED) is 0.372. The van der Waals surface area contributed by atoms with Crippen LogP contribution in [0.5, 0.6) is 0 Å². The number of rotatable bonds is 5. The average molecular weight is 422 g/mol. The van der Waals surface area contributed by atoms with Crippen LogP contribution >= 0.6 is 0 Å². The summed E-state index contributed by atoms with van der Waals surface area (Å²) in [6.07, 6.45) is 2.00. The van der Waals surface area contributed by atoms with Gasteiger partial charge in [-0.15, -0.1) is 0 Å². The number of hydrogen-bond donors (Lipinski definition) is 3. The van der Waals surface area contributed by atoms with Crippen molar-refractivity contribution in [3.8, 4) is 11.3 Å². The maximum absolute atomic E-state index is 12.7. The van der Waals surface area contributed by atoms with E-state index in [9.17, 15) is 9.59 Å². The van der Waals surface area contributed by atoms with Gasteiger partial charge in [0.25, 0.3) is 5.91 Å². The second kappa shape index (κ2) is 8.43. The highest BCUT2D eigenvalue weighted by molar-refractivity contribution is 5.91. The lowest BCUT2D eigenvalue weighted by Gasteiger charge is -2.12. The normalized spacial score (nSPS) is 11.0. The number of aromatic nitrogens is 2. The third-order valence-electron chi connectivity index (χ3n) is 5.55. The Morgan fingerprint density at radius 2 is 1.53 bits per heavy atom. The minimum atomic E-state index is -0.296. The minimum absolute atomic E-state index is 0.0884. The fourth-order valence-corrected chi connectivity index (χ4v) is 4.05. The van der Waals surface area contributed by atoms with Crippen LogP contribution in [0.3, 0.4) is 0 Å². The minimum Gasteiger partial charge on any atom is -0.361 e. The van der Waals surface area contributed by atoms with E-state index in [0.717, 1.165) is 38.6 Å². The zero-order valence-electron chi connectivity index (χ0n) is 17.3. The molecule has 3 aromatic carbocycles. The molecule has 0 radical (unpaired) electrons. The Bertz CT molecular complexity index is 1420. The molecule has 0 aliphatic carbocycles. The molecule has 0 saturated carbocycles. The van der Waals surface area contributed by atoms with E-state index in [4.69, 9.17) is 0 Å². The maximum atomic E-state index is 12.7. The Morgan fingerprint density at radius 1 is 0.812 bits per heavy atom. The fraction of sp³-hybridized carbons (Fsp3) is 0.0769. The van der Waals surface area contributed by atoms with E-state index in [1.54, 1.807) is 0 Å². The van der Waals surface area contributed by atoms with Crippen LogP contribution < -0.4 is 10.9 Å². The van der Waals surface area contributed by atoms with Crippen LogP contribution in [0, 0.1) is 0 Å². The second-order valence-corrected chi connectivity index (χ2v) is 7.67. The number of carbonyl (C=O) groups is 2. The van der Waals surface area contributed by atoms with Gasteiger partial charge in [0, 0.05) is 33.7 Å². The number of carbonyl (C=O) groups excluding carboxylic acids is 2. The fourth-order valence-electron chi connectivity index (χ4n) is 4.05. The van der Waals surface area contributed by atoms with Crippen molar-refractivity contribution in [2.24, 2.45) is 0 Å². The molecule has 2 amide bonds. The predicted molar refractivity (Wildman–Crippen MR) is 126 cm³/mol.